The molecule has 2 fully saturated rings. The molecule has 1 aromatic heterocycles. The summed E-state index contributed by atoms with van der Waals surface area (Å²) in [6.07, 6.45) is 7.00. The SMILES string of the molecule is CCOc1ccc(CN2C[C@@H]3CCC[C@@H](C2)C3(O)c2nccn2C)cc1OC. The number of rotatable bonds is 6. The zero-order chi connectivity index (χ0) is 19.7. The number of benzene rings is 1. The summed E-state index contributed by atoms with van der Waals surface area (Å²) in [4.78, 5) is 6.99. The van der Waals surface area contributed by atoms with Crippen LogP contribution in [0.15, 0.2) is 30.6 Å². The molecule has 6 nitrogen and oxygen atoms in total. The number of aromatic nitrogens is 2. The third-order valence-electron chi connectivity index (χ3n) is 6.42. The van der Waals surface area contributed by atoms with Gasteiger partial charge >= 0.3 is 0 Å². The van der Waals surface area contributed by atoms with Crippen LogP contribution < -0.4 is 9.47 Å². The third kappa shape index (κ3) is 3.29. The number of methoxy groups -OCH3 is 1. The van der Waals surface area contributed by atoms with E-state index in [1.54, 1.807) is 13.3 Å². The molecule has 28 heavy (non-hydrogen) atoms. The van der Waals surface area contributed by atoms with Crippen molar-refractivity contribution in [1.29, 1.82) is 0 Å². The number of imidazole rings is 1. The summed E-state index contributed by atoms with van der Waals surface area (Å²) in [7, 11) is 3.66. The van der Waals surface area contributed by atoms with Gasteiger partial charge in [0.2, 0.25) is 0 Å². The third-order valence-corrected chi connectivity index (χ3v) is 6.42. The first-order chi connectivity index (χ1) is 13.6. The molecule has 2 atom stereocenters. The highest BCUT2D eigenvalue weighted by atomic mass is 16.5. The first-order valence-corrected chi connectivity index (χ1v) is 10.3. The minimum Gasteiger partial charge on any atom is -0.493 e. The first-order valence-electron chi connectivity index (χ1n) is 10.3. The van der Waals surface area contributed by atoms with Crippen LogP contribution >= 0.6 is 0 Å². The minimum absolute atomic E-state index is 0.214. The predicted octanol–water partition coefficient (Wildman–Crippen LogP) is 2.95. The van der Waals surface area contributed by atoms with Crippen molar-refractivity contribution in [3.05, 3.63) is 42.0 Å². The summed E-state index contributed by atoms with van der Waals surface area (Å²) in [5.41, 5.74) is 0.393. The second-order valence-corrected chi connectivity index (χ2v) is 8.12. The summed E-state index contributed by atoms with van der Waals surface area (Å²) < 4.78 is 13.1. The van der Waals surface area contributed by atoms with Crippen molar-refractivity contribution < 1.29 is 14.6 Å². The van der Waals surface area contributed by atoms with Gasteiger partial charge in [0.1, 0.15) is 11.4 Å². The van der Waals surface area contributed by atoms with Crippen molar-refractivity contribution in [3.63, 3.8) is 0 Å². The molecule has 1 aliphatic carbocycles. The van der Waals surface area contributed by atoms with Crippen molar-refractivity contribution in [3.8, 4) is 11.5 Å². The standard InChI is InChI=1S/C22H31N3O3/c1-4-28-19-9-8-16(12-20(19)27-3)13-25-14-17-6-5-7-18(15-25)22(17,26)21-23-10-11-24(21)2/h8-12,17-18,26H,4-7,13-15H2,1-3H3/t17-,18-/m0/s1. The normalized spacial score (nSPS) is 27.6. The van der Waals surface area contributed by atoms with Gasteiger partial charge in [-0.3, -0.25) is 4.90 Å². The van der Waals surface area contributed by atoms with E-state index in [9.17, 15) is 5.11 Å². The van der Waals surface area contributed by atoms with Gasteiger partial charge < -0.3 is 19.1 Å². The van der Waals surface area contributed by atoms with Crippen molar-refractivity contribution in [2.45, 2.75) is 38.3 Å². The summed E-state index contributed by atoms with van der Waals surface area (Å²) in [5.74, 6) is 2.82. The van der Waals surface area contributed by atoms with Crippen molar-refractivity contribution in [2.75, 3.05) is 26.8 Å². The van der Waals surface area contributed by atoms with E-state index in [4.69, 9.17) is 9.47 Å². The van der Waals surface area contributed by atoms with E-state index < -0.39 is 5.60 Å². The quantitative estimate of drug-likeness (QED) is 0.828. The molecule has 1 aliphatic heterocycles. The van der Waals surface area contributed by atoms with Gasteiger partial charge in [-0.2, -0.15) is 0 Å². The second-order valence-electron chi connectivity index (χ2n) is 8.12. The van der Waals surface area contributed by atoms with Crippen LogP contribution in [0.5, 0.6) is 11.5 Å². The van der Waals surface area contributed by atoms with Gasteiger partial charge in [-0.15, -0.1) is 0 Å². The Hall–Kier alpha value is -2.05. The Morgan fingerprint density at radius 1 is 1.21 bits per heavy atom. The number of aliphatic hydroxyl groups is 1. The molecule has 2 bridgehead atoms. The minimum atomic E-state index is -0.816. The number of nitrogens with zero attached hydrogens (tertiary/aromatic N) is 3. The fourth-order valence-corrected chi connectivity index (χ4v) is 5.13. The molecule has 1 N–H and O–H groups in total. The van der Waals surface area contributed by atoms with Gasteiger partial charge in [-0.05, 0) is 37.5 Å². The van der Waals surface area contributed by atoms with Gasteiger partial charge in [0.25, 0.3) is 0 Å². The van der Waals surface area contributed by atoms with Gasteiger partial charge in [0, 0.05) is 50.9 Å². The summed E-state index contributed by atoms with van der Waals surface area (Å²) in [6.45, 7) is 5.22. The topological polar surface area (TPSA) is 59.8 Å². The Morgan fingerprint density at radius 2 is 1.96 bits per heavy atom. The average Bonchev–Trinajstić information content (AvgIpc) is 3.10. The lowest BCUT2D eigenvalue weighted by molar-refractivity contribution is -0.155. The maximum Gasteiger partial charge on any atom is 0.161 e. The van der Waals surface area contributed by atoms with E-state index in [1.165, 1.54) is 12.0 Å². The molecule has 2 aliphatic rings. The fourth-order valence-electron chi connectivity index (χ4n) is 5.13. The van der Waals surface area contributed by atoms with Crippen molar-refractivity contribution in [1.82, 2.24) is 14.5 Å². The van der Waals surface area contributed by atoms with E-state index in [0.29, 0.717) is 6.61 Å². The van der Waals surface area contributed by atoms with Crippen LogP contribution in [0.2, 0.25) is 0 Å². The van der Waals surface area contributed by atoms with Crippen LogP contribution in [0, 0.1) is 11.8 Å². The van der Waals surface area contributed by atoms with Gasteiger partial charge in [-0.1, -0.05) is 12.5 Å². The molecule has 152 valence electrons. The van der Waals surface area contributed by atoms with Gasteiger partial charge in [0.15, 0.2) is 11.5 Å². The Labute approximate surface area is 167 Å². The molecule has 0 amide bonds. The monoisotopic (exact) mass is 385 g/mol. The predicted molar refractivity (Wildman–Crippen MR) is 107 cm³/mol. The number of likely N-dealkylation sites (tertiary alicyclic amines) is 1. The molecule has 2 heterocycles. The molecule has 0 spiro atoms. The zero-order valence-corrected chi connectivity index (χ0v) is 17.1. The summed E-state index contributed by atoms with van der Waals surface area (Å²) in [5, 5.41) is 11.7. The molecule has 1 aromatic carbocycles. The smallest absolute Gasteiger partial charge is 0.161 e. The Kier molecular flexibility index (Phi) is 5.34. The highest BCUT2D eigenvalue weighted by Gasteiger charge is 2.53. The van der Waals surface area contributed by atoms with Crippen LogP contribution in [0.4, 0.5) is 0 Å². The van der Waals surface area contributed by atoms with Crippen LogP contribution in [0.1, 0.15) is 37.6 Å². The largest absolute Gasteiger partial charge is 0.493 e. The van der Waals surface area contributed by atoms with Crippen molar-refractivity contribution in [2.24, 2.45) is 18.9 Å². The van der Waals surface area contributed by atoms with Gasteiger partial charge in [0.05, 0.1) is 13.7 Å². The molecule has 0 unspecified atom stereocenters. The van der Waals surface area contributed by atoms with Crippen LogP contribution in [-0.4, -0.2) is 46.4 Å². The second kappa shape index (κ2) is 7.76. The summed E-state index contributed by atoms with van der Waals surface area (Å²) >= 11 is 0. The Balaban J connectivity index is 1.53. The lowest BCUT2D eigenvalue weighted by atomic mass is 9.65. The van der Waals surface area contributed by atoms with E-state index in [2.05, 4.69) is 22.0 Å². The van der Waals surface area contributed by atoms with Crippen LogP contribution in [-0.2, 0) is 19.2 Å². The highest BCUT2D eigenvalue weighted by molar-refractivity contribution is 5.43. The molecule has 0 radical (unpaired) electrons. The first kappa shape index (κ1) is 19.3. The lowest BCUT2D eigenvalue weighted by Crippen LogP contribution is -2.58. The molecule has 2 aromatic rings. The zero-order valence-electron chi connectivity index (χ0n) is 17.1. The van der Waals surface area contributed by atoms with Crippen LogP contribution in [0.3, 0.4) is 0 Å². The van der Waals surface area contributed by atoms with Crippen molar-refractivity contribution >= 4 is 0 Å². The molecule has 1 saturated heterocycles. The van der Waals surface area contributed by atoms with Crippen LogP contribution in [0.25, 0.3) is 0 Å². The summed E-state index contributed by atoms with van der Waals surface area (Å²) in [6, 6.07) is 6.18. The number of hydrogen-bond donors (Lipinski definition) is 1. The average molecular weight is 386 g/mol. The number of piperidine rings is 1. The number of hydrogen-bond acceptors (Lipinski definition) is 5. The Morgan fingerprint density at radius 3 is 2.57 bits per heavy atom. The van der Waals surface area contributed by atoms with Gasteiger partial charge in [-0.25, -0.2) is 4.98 Å². The van der Waals surface area contributed by atoms with E-state index >= 15 is 0 Å². The fraction of sp³-hybridized carbons (Fsp3) is 0.591. The van der Waals surface area contributed by atoms with E-state index in [1.807, 2.05) is 30.8 Å². The number of aryl methyl sites for hydroxylation is 1. The maximum absolute atomic E-state index is 11.7. The molecule has 6 heteroatoms. The molecule has 4 rings (SSSR count). The maximum atomic E-state index is 11.7. The molecule has 1 saturated carbocycles. The number of fused-ring (bicyclic) bond motifs is 2. The molecular weight excluding hydrogens is 354 g/mol. The Bertz CT molecular complexity index is 805. The molecular formula is C22H31N3O3. The van der Waals surface area contributed by atoms with E-state index in [-0.39, 0.29) is 11.8 Å². The highest BCUT2D eigenvalue weighted by Crippen LogP contribution is 2.48. The number of ether oxygens (including phenoxy) is 2. The lowest BCUT2D eigenvalue weighted by Gasteiger charge is -2.52. The van der Waals surface area contributed by atoms with E-state index in [0.717, 1.165) is 49.8 Å².